The van der Waals surface area contributed by atoms with Crippen molar-refractivity contribution in [3.05, 3.63) is 96.8 Å². The van der Waals surface area contributed by atoms with Crippen molar-refractivity contribution in [3.8, 4) is 28.2 Å². The Labute approximate surface area is 189 Å². The standard InChI is InChI=1S/C25H20N8/c26-25-21-15-18(10-11-22(21)28-30-25)23-24(33(31-29-23)16-17-6-2-1-3-7-17)19-8-4-9-20(14-19)32-13-5-12-27-32/h1-15H,16H2,(H3,26,28,30). The third kappa shape index (κ3) is 3.43. The Bertz CT molecular complexity index is 1540. The molecule has 0 bridgehead atoms. The van der Waals surface area contributed by atoms with Gasteiger partial charge in [-0.2, -0.15) is 10.2 Å². The molecule has 0 amide bonds. The Morgan fingerprint density at radius 3 is 2.64 bits per heavy atom. The number of aromatic amines is 1. The predicted molar refractivity (Wildman–Crippen MR) is 128 cm³/mol. The zero-order valence-electron chi connectivity index (χ0n) is 17.6. The quantitative estimate of drug-likeness (QED) is 0.423. The number of rotatable bonds is 5. The number of nitrogens with two attached hydrogens (primary N) is 1. The van der Waals surface area contributed by atoms with E-state index in [2.05, 4.69) is 49.9 Å². The number of hydrogen-bond donors (Lipinski definition) is 2. The maximum atomic E-state index is 6.06. The average Bonchev–Trinajstić information content (AvgIpc) is 3.61. The molecule has 0 aliphatic heterocycles. The molecule has 6 aromatic rings. The lowest BCUT2D eigenvalue weighted by molar-refractivity contribution is 0.655. The van der Waals surface area contributed by atoms with Crippen LogP contribution in [0.1, 0.15) is 5.56 Å². The maximum Gasteiger partial charge on any atom is 0.153 e. The molecule has 3 aromatic heterocycles. The van der Waals surface area contributed by atoms with Gasteiger partial charge in [-0.15, -0.1) is 5.10 Å². The lowest BCUT2D eigenvalue weighted by Gasteiger charge is -2.11. The Kier molecular flexibility index (Phi) is 4.47. The van der Waals surface area contributed by atoms with E-state index in [0.29, 0.717) is 12.4 Å². The van der Waals surface area contributed by atoms with Crippen molar-refractivity contribution < 1.29 is 0 Å². The molecule has 8 nitrogen and oxygen atoms in total. The van der Waals surface area contributed by atoms with Crippen LogP contribution in [-0.2, 0) is 6.54 Å². The summed E-state index contributed by atoms with van der Waals surface area (Å²) in [6.07, 6.45) is 3.69. The zero-order valence-corrected chi connectivity index (χ0v) is 17.6. The molecule has 3 aromatic carbocycles. The molecular weight excluding hydrogens is 412 g/mol. The highest BCUT2D eigenvalue weighted by molar-refractivity contribution is 5.93. The molecule has 0 atom stereocenters. The van der Waals surface area contributed by atoms with Gasteiger partial charge in [0.15, 0.2) is 5.82 Å². The van der Waals surface area contributed by atoms with Gasteiger partial charge in [0.1, 0.15) is 5.69 Å². The van der Waals surface area contributed by atoms with Gasteiger partial charge in [-0.3, -0.25) is 5.10 Å². The van der Waals surface area contributed by atoms with E-state index in [1.807, 2.05) is 70.2 Å². The summed E-state index contributed by atoms with van der Waals surface area (Å²) >= 11 is 0. The van der Waals surface area contributed by atoms with Crippen molar-refractivity contribution in [1.82, 2.24) is 35.0 Å². The van der Waals surface area contributed by atoms with Gasteiger partial charge in [0, 0.05) is 28.9 Å². The van der Waals surface area contributed by atoms with Gasteiger partial charge in [0.2, 0.25) is 0 Å². The molecule has 0 aliphatic rings. The van der Waals surface area contributed by atoms with Crippen molar-refractivity contribution >= 4 is 16.7 Å². The first kappa shape index (κ1) is 19.0. The van der Waals surface area contributed by atoms with Crippen LogP contribution in [0.2, 0.25) is 0 Å². The molecule has 0 spiro atoms. The Morgan fingerprint density at radius 1 is 0.879 bits per heavy atom. The number of nitrogens with zero attached hydrogens (tertiary/aromatic N) is 6. The van der Waals surface area contributed by atoms with E-state index in [1.54, 1.807) is 6.20 Å². The summed E-state index contributed by atoms with van der Waals surface area (Å²) in [7, 11) is 0. The fourth-order valence-electron chi connectivity index (χ4n) is 4.06. The minimum absolute atomic E-state index is 0.464. The van der Waals surface area contributed by atoms with Gasteiger partial charge in [-0.05, 0) is 35.9 Å². The van der Waals surface area contributed by atoms with Crippen LogP contribution in [0.3, 0.4) is 0 Å². The van der Waals surface area contributed by atoms with Crippen LogP contribution in [0.25, 0.3) is 39.1 Å². The van der Waals surface area contributed by atoms with E-state index >= 15 is 0 Å². The lowest BCUT2D eigenvalue weighted by atomic mass is 10.0. The van der Waals surface area contributed by atoms with Crippen LogP contribution >= 0.6 is 0 Å². The van der Waals surface area contributed by atoms with Gasteiger partial charge in [0.05, 0.1) is 23.4 Å². The molecule has 33 heavy (non-hydrogen) atoms. The third-order valence-electron chi connectivity index (χ3n) is 5.66. The first-order valence-corrected chi connectivity index (χ1v) is 10.6. The zero-order chi connectivity index (χ0) is 22.2. The molecule has 0 saturated heterocycles. The van der Waals surface area contributed by atoms with Crippen LogP contribution < -0.4 is 5.73 Å². The van der Waals surface area contributed by atoms with Gasteiger partial charge in [-0.25, -0.2) is 9.36 Å². The number of anilines is 1. The first-order valence-electron chi connectivity index (χ1n) is 10.6. The summed E-state index contributed by atoms with van der Waals surface area (Å²) in [5.41, 5.74) is 12.7. The minimum Gasteiger partial charge on any atom is -0.382 e. The minimum atomic E-state index is 0.464. The lowest BCUT2D eigenvalue weighted by Crippen LogP contribution is -2.04. The van der Waals surface area contributed by atoms with Gasteiger partial charge in [0.25, 0.3) is 0 Å². The topological polar surface area (TPSA) is 103 Å². The monoisotopic (exact) mass is 432 g/mol. The molecule has 160 valence electrons. The maximum absolute atomic E-state index is 6.06. The van der Waals surface area contributed by atoms with Crippen molar-refractivity contribution in [2.75, 3.05) is 5.73 Å². The van der Waals surface area contributed by atoms with Crippen molar-refractivity contribution in [2.45, 2.75) is 6.54 Å². The molecule has 0 fully saturated rings. The Morgan fingerprint density at radius 2 is 1.79 bits per heavy atom. The molecule has 0 unspecified atom stereocenters. The van der Waals surface area contributed by atoms with E-state index in [0.717, 1.165) is 44.7 Å². The SMILES string of the molecule is Nc1n[nH]c2ccc(-c3nnn(Cc4ccccc4)c3-c3cccc(-n4cccn4)c3)cc12. The van der Waals surface area contributed by atoms with E-state index < -0.39 is 0 Å². The van der Waals surface area contributed by atoms with Crippen LogP contribution in [0.15, 0.2) is 91.3 Å². The molecule has 8 heteroatoms. The van der Waals surface area contributed by atoms with E-state index in [4.69, 9.17) is 5.73 Å². The van der Waals surface area contributed by atoms with Crippen molar-refractivity contribution in [1.29, 1.82) is 0 Å². The molecule has 0 radical (unpaired) electrons. The number of nitrogen functional groups attached to an aromatic ring is 1. The Hall–Kier alpha value is -4.72. The fourth-order valence-corrected chi connectivity index (χ4v) is 4.06. The number of fused-ring (bicyclic) bond motifs is 1. The number of benzene rings is 3. The predicted octanol–water partition coefficient (Wildman–Crippen LogP) is 4.30. The largest absolute Gasteiger partial charge is 0.382 e. The fraction of sp³-hybridized carbons (Fsp3) is 0.0400. The van der Waals surface area contributed by atoms with E-state index in [9.17, 15) is 0 Å². The van der Waals surface area contributed by atoms with Crippen LogP contribution in [0.5, 0.6) is 0 Å². The summed E-state index contributed by atoms with van der Waals surface area (Å²) < 4.78 is 3.78. The summed E-state index contributed by atoms with van der Waals surface area (Å²) in [5, 5.41) is 21.4. The third-order valence-corrected chi connectivity index (χ3v) is 5.66. The normalized spacial score (nSPS) is 11.3. The molecule has 0 aliphatic carbocycles. The van der Waals surface area contributed by atoms with Crippen LogP contribution in [0.4, 0.5) is 5.82 Å². The van der Waals surface area contributed by atoms with Crippen molar-refractivity contribution in [3.63, 3.8) is 0 Å². The van der Waals surface area contributed by atoms with Gasteiger partial charge >= 0.3 is 0 Å². The molecule has 6 rings (SSSR count). The van der Waals surface area contributed by atoms with Crippen LogP contribution in [0, 0.1) is 0 Å². The summed E-state index contributed by atoms with van der Waals surface area (Å²) in [4.78, 5) is 0. The highest BCUT2D eigenvalue weighted by Crippen LogP contribution is 2.34. The highest BCUT2D eigenvalue weighted by atomic mass is 15.4. The smallest absolute Gasteiger partial charge is 0.153 e. The van der Waals surface area contributed by atoms with Gasteiger partial charge < -0.3 is 5.73 Å². The summed E-state index contributed by atoms with van der Waals surface area (Å²) in [6.45, 7) is 0.602. The second-order valence-corrected chi connectivity index (χ2v) is 7.80. The van der Waals surface area contributed by atoms with Crippen LogP contribution in [-0.4, -0.2) is 35.0 Å². The van der Waals surface area contributed by atoms with Gasteiger partial charge in [-0.1, -0.05) is 53.7 Å². The molecule has 3 heterocycles. The number of hydrogen-bond acceptors (Lipinski definition) is 5. The summed E-state index contributed by atoms with van der Waals surface area (Å²) in [6, 6.07) is 26.3. The van der Waals surface area contributed by atoms with Crippen molar-refractivity contribution in [2.24, 2.45) is 0 Å². The number of nitrogens with one attached hydrogen (secondary N) is 1. The Balaban J connectivity index is 1.53. The molecule has 0 saturated carbocycles. The van der Waals surface area contributed by atoms with E-state index in [-0.39, 0.29) is 0 Å². The first-order chi connectivity index (χ1) is 16.3. The second-order valence-electron chi connectivity index (χ2n) is 7.80. The molecule has 3 N–H and O–H groups in total. The molecular formula is C25H20N8. The second kappa shape index (κ2) is 7.76. The number of H-pyrrole nitrogens is 1. The average molecular weight is 432 g/mol. The summed E-state index contributed by atoms with van der Waals surface area (Å²) in [5.74, 6) is 0.464. The number of aromatic nitrogens is 7. The highest BCUT2D eigenvalue weighted by Gasteiger charge is 2.19. The van der Waals surface area contributed by atoms with E-state index in [1.165, 1.54) is 0 Å².